The highest BCUT2D eigenvalue weighted by atomic mass is 35.5. The zero-order valence-corrected chi connectivity index (χ0v) is 15.1. The van der Waals surface area contributed by atoms with Gasteiger partial charge in [-0.1, -0.05) is 41.9 Å². The van der Waals surface area contributed by atoms with Crippen LogP contribution in [0.5, 0.6) is 5.75 Å². The van der Waals surface area contributed by atoms with Gasteiger partial charge in [0.1, 0.15) is 11.9 Å². The summed E-state index contributed by atoms with van der Waals surface area (Å²) in [6.07, 6.45) is -0.704. The molecule has 0 N–H and O–H groups in total. The van der Waals surface area contributed by atoms with Crippen LogP contribution in [0.15, 0.2) is 54.6 Å². The van der Waals surface area contributed by atoms with Crippen LogP contribution in [-0.2, 0) is 9.53 Å². The van der Waals surface area contributed by atoms with Crippen molar-refractivity contribution in [3.05, 3.63) is 65.2 Å². The lowest BCUT2D eigenvalue weighted by Gasteiger charge is -2.38. The van der Waals surface area contributed by atoms with Crippen LogP contribution >= 0.6 is 11.6 Å². The number of hydrogen-bond donors (Lipinski definition) is 0. The second-order valence-electron chi connectivity index (χ2n) is 6.30. The first kappa shape index (κ1) is 17.8. The fourth-order valence-corrected chi connectivity index (χ4v) is 3.13. The first-order valence-corrected chi connectivity index (χ1v) is 8.82. The Balaban J connectivity index is 1.66. The van der Waals surface area contributed by atoms with Crippen LogP contribution in [0.25, 0.3) is 0 Å². The summed E-state index contributed by atoms with van der Waals surface area (Å²) in [5.41, 5.74) is 1.08. The van der Waals surface area contributed by atoms with Gasteiger partial charge in [-0.05, 0) is 43.7 Å². The molecular weight excluding hydrogens is 338 g/mol. The topological polar surface area (TPSA) is 38.8 Å². The molecule has 0 aromatic heterocycles. The van der Waals surface area contributed by atoms with Crippen LogP contribution in [0.2, 0.25) is 5.02 Å². The van der Waals surface area contributed by atoms with Gasteiger partial charge in [0.25, 0.3) is 5.91 Å². The van der Waals surface area contributed by atoms with E-state index in [-0.39, 0.29) is 18.1 Å². The van der Waals surface area contributed by atoms with Crippen molar-refractivity contribution in [1.82, 2.24) is 4.90 Å². The fourth-order valence-electron chi connectivity index (χ4n) is 3.01. The van der Waals surface area contributed by atoms with E-state index in [0.29, 0.717) is 23.9 Å². The molecule has 132 valence electrons. The molecule has 4 nitrogen and oxygen atoms in total. The molecule has 0 unspecified atom stereocenters. The van der Waals surface area contributed by atoms with Crippen molar-refractivity contribution in [1.29, 1.82) is 0 Å². The zero-order chi connectivity index (χ0) is 17.8. The van der Waals surface area contributed by atoms with Gasteiger partial charge in [0.2, 0.25) is 0 Å². The molecule has 3 atom stereocenters. The number of ether oxygens (including phenoxy) is 2. The van der Waals surface area contributed by atoms with Gasteiger partial charge in [-0.3, -0.25) is 4.79 Å². The van der Waals surface area contributed by atoms with Crippen molar-refractivity contribution in [3.63, 3.8) is 0 Å². The van der Waals surface area contributed by atoms with Gasteiger partial charge in [-0.15, -0.1) is 0 Å². The lowest BCUT2D eigenvalue weighted by atomic mass is 10.1. The predicted molar refractivity (Wildman–Crippen MR) is 97.9 cm³/mol. The van der Waals surface area contributed by atoms with Crippen LogP contribution in [0.4, 0.5) is 0 Å². The standard InChI is InChI=1S/C20H22ClNO3/c1-14-12-22(13-19(24-14)16-6-4-3-5-7-16)20(23)15(2)25-18-10-8-17(21)9-11-18/h3-11,14-15,19H,12-13H2,1-2H3/t14-,15-,19+/m1/s1. The number of nitrogens with zero attached hydrogens (tertiary/aromatic N) is 1. The number of rotatable bonds is 4. The Hall–Kier alpha value is -2.04. The van der Waals surface area contributed by atoms with E-state index in [4.69, 9.17) is 21.1 Å². The molecule has 1 saturated heterocycles. The van der Waals surface area contributed by atoms with Gasteiger partial charge in [0, 0.05) is 11.6 Å². The summed E-state index contributed by atoms with van der Waals surface area (Å²) in [6, 6.07) is 17.0. The largest absolute Gasteiger partial charge is 0.481 e. The Labute approximate surface area is 153 Å². The lowest BCUT2D eigenvalue weighted by Crippen LogP contribution is -2.50. The van der Waals surface area contributed by atoms with Gasteiger partial charge in [-0.25, -0.2) is 0 Å². The first-order valence-electron chi connectivity index (χ1n) is 8.44. The molecule has 1 amide bonds. The number of amides is 1. The van der Waals surface area contributed by atoms with Crippen LogP contribution in [0, 0.1) is 0 Å². The molecule has 3 rings (SSSR count). The number of hydrogen-bond acceptors (Lipinski definition) is 3. The number of carbonyl (C=O) groups excluding carboxylic acids is 1. The second kappa shape index (κ2) is 7.89. The van der Waals surface area contributed by atoms with Crippen molar-refractivity contribution in [2.75, 3.05) is 13.1 Å². The van der Waals surface area contributed by atoms with E-state index < -0.39 is 6.10 Å². The smallest absolute Gasteiger partial charge is 0.263 e. The highest BCUT2D eigenvalue weighted by Gasteiger charge is 2.32. The maximum atomic E-state index is 12.8. The third kappa shape index (κ3) is 4.53. The van der Waals surface area contributed by atoms with Gasteiger partial charge >= 0.3 is 0 Å². The Morgan fingerprint density at radius 3 is 2.52 bits per heavy atom. The first-order chi connectivity index (χ1) is 12.0. The minimum Gasteiger partial charge on any atom is -0.481 e. The Morgan fingerprint density at radius 1 is 1.16 bits per heavy atom. The molecular formula is C20H22ClNO3. The third-order valence-corrected chi connectivity index (χ3v) is 4.47. The van der Waals surface area contributed by atoms with Crippen LogP contribution in [0.1, 0.15) is 25.5 Å². The Bertz CT molecular complexity index is 705. The monoisotopic (exact) mass is 359 g/mol. The number of carbonyl (C=O) groups is 1. The molecule has 5 heteroatoms. The number of halogens is 1. The lowest BCUT2D eigenvalue weighted by molar-refractivity contribution is -0.151. The maximum Gasteiger partial charge on any atom is 0.263 e. The summed E-state index contributed by atoms with van der Waals surface area (Å²) in [6.45, 7) is 4.85. The van der Waals surface area contributed by atoms with E-state index in [1.54, 1.807) is 31.2 Å². The molecule has 1 fully saturated rings. The molecule has 0 spiro atoms. The van der Waals surface area contributed by atoms with Gasteiger partial charge < -0.3 is 14.4 Å². The average molecular weight is 360 g/mol. The second-order valence-corrected chi connectivity index (χ2v) is 6.74. The fraction of sp³-hybridized carbons (Fsp3) is 0.350. The molecule has 0 bridgehead atoms. The van der Waals surface area contributed by atoms with Crippen molar-refractivity contribution < 1.29 is 14.3 Å². The van der Waals surface area contributed by atoms with Crippen LogP contribution in [0.3, 0.4) is 0 Å². The van der Waals surface area contributed by atoms with Crippen LogP contribution < -0.4 is 4.74 Å². The molecule has 1 aliphatic heterocycles. The van der Waals surface area contributed by atoms with E-state index in [9.17, 15) is 4.79 Å². The minimum absolute atomic E-state index is 0.0226. The third-order valence-electron chi connectivity index (χ3n) is 4.22. The van der Waals surface area contributed by atoms with Crippen molar-refractivity contribution in [3.8, 4) is 5.75 Å². The highest BCUT2D eigenvalue weighted by molar-refractivity contribution is 6.30. The molecule has 25 heavy (non-hydrogen) atoms. The predicted octanol–water partition coefficient (Wildman–Crippen LogP) is 4.10. The molecule has 0 aliphatic carbocycles. The van der Waals surface area contributed by atoms with Crippen molar-refractivity contribution in [2.24, 2.45) is 0 Å². The van der Waals surface area contributed by atoms with Gasteiger partial charge in [-0.2, -0.15) is 0 Å². The molecule has 2 aromatic carbocycles. The summed E-state index contributed by atoms with van der Waals surface area (Å²) in [5, 5.41) is 0.638. The van der Waals surface area contributed by atoms with E-state index in [2.05, 4.69) is 0 Å². The van der Waals surface area contributed by atoms with Crippen molar-refractivity contribution in [2.45, 2.75) is 32.2 Å². The van der Waals surface area contributed by atoms with Crippen molar-refractivity contribution >= 4 is 17.5 Å². The van der Waals surface area contributed by atoms with Crippen LogP contribution in [-0.4, -0.2) is 36.1 Å². The summed E-state index contributed by atoms with van der Waals surface area (Å²) < 4.78 is 11.8. The van der Waals surface area contributed by atoms with Gasteiger partial charge in [0.15, 0.2) is 6.10 Å². The molecule has 1 heterocycles. The Kier molecular flexibility index (Phi) is 5.61. The SMILES string of the molecule is C[C@@H]1CN(C(=O)[C@@H](C)Oc2ccc(Cl)cc2)C[C@@H](c2ccccc2)O1. The summed E-state index contributed by atoms with van der Waals surface area (Å²) in [7, 11) is 0. The van der Waals surface area contributed by atoms with E-state index in [1.165, 1.54) is 0 Å². The van der Waals surface area contributed by atoms with E-state index in [1.807, 2.05) is 42.2 Å². The maximum absolute atomic E-state index is 12.8. The van der Waals surface area contributed by atoms with Gasteiger partial charge in [0.05, 0.1) is 12.6 Å². The average Bonchev–Trinajstić information content (AvgIpc) is 2.63. The van der Waals surface area contributed by atoms with E-state index in [0.717, 1.165) is 5.56 Å². The number of morpholine rings is 1. The normalized spacial score (nSPS) is 21.6. The Morgan fingerprint density at radius 2 is 1.84 bits per heavy atom. The quantitative estimate of drug-likeness (QED) is 0.825. The molecule has 1 aliphatic rings. The highest BCUT2D eigenvalue weighted by Crippen LogP contribution is 2.26. The van der Waals surface area contributed by atoms with E-state index >= 15 is 0 Å². The summed E-state index contributed by atoms with van der Waals surface area (Å²) in [5.74, 6) is 0.595. The zero-order valence-electron chi connectivity index (χ0n) is 14.4. The summed E-state index contributed by atoms with van der Waals surface area (Å²) in [4.78, 5) is 14.6. The molecule has 2 aromatic rings. The molecule has 0 saturated carbocycles. The summed E-state index contributed by atoms with van der Waals surface area (Å²) >= 11 is 5.88. The number of benzene rings is 2. The molecule has 0 radical (unpaired) electrons. The minimum atomic E-state index is -0.567.